The fourth-order valence-electron chi connectivity index (χ4n) is 7.81. The Morgan fingerprint density at radius 2 is 1.67 bits per heavy atom. The average Bonchev–Trinajstić information content (AvgIpc) is 3.57. The minimum atomic E-state index is 0.104. The van der Waals surface area contributed by atoms with Gasteiger partial charge in [-0.3, -0.25) is 4.99 Å². The van der Waals surface area contributed by atoms with Crippen LogP contribution in [0.15, 0.2) is 70.6 Å². The molecule has 2 aromatic carbocycles. The van der Waals surface area contributed by atoms with Gasteiger partial charge < -0.3 is 5.73 Å². The minimum absolute atomic E-state index is 0.104. The maximum atomic E-state index is 6.16. The quantitative estimate of drug-likeness (QED) is 0.375. The minimum Gasteiger partial charge on any atom is -0.330 e. The number of benzene rings is 2. The molecule has 2 aromatic rings. The molecule has 0 aromatic heterocycles. The Balaban J connectivity index is 1.27. The zero-order chi connectivity index (χ0) is 22.5. The zero-order valence-electron chi connectivity index (χ0n) is 19.2. The van der Waals surface area contributed by atoms with E-state index in [1.54, 1.807) is 0 Å². The van der Waals surface area contributed by atoms with Crippen LogP contribution in [0.2, 0.25) is 0 Å². The number of thiocarbonyl (C=S) groups is 1. The monoisotopic (exact) mass is 474 g/mol. The predicted molar refractivity (Wildman–Crippen MR) is 143 cm³/mol. The summed E-state index contributed by atoms with van der Waals surface area (Å²) in [6.45, 7) is 0.830. The van der Waals surface area contributed by atoms with Gasteiger partial charge in [0.2, 0.25) is 0 Å². The fourth-order valence-corrected chi connectivity index (χ4v) is 9.85. The molecule has 0 spiro atoms. The van der Waals surface area contributed by atoms with Crippen molar-refractivity contribution in [3.05, 3.63) is 66.2 Å². The molecule has 33 heavy (non-hydrogen) atoms. The molecular formula is C29H34N2S2. The molecule has 4 heteroatoms. The van der Waals surface area contributed by atoms with Crippen LogP contribution in [0.4, 0.5) is 0 Å². The van der Waals surface area contributed by atoms with Crippen molar-refractivity contribution >= 4 is 35.2 Å². The second-order valence-corrected chi connectivity index (χ2v) is 12.6. The molecule has 5 unspecified atom stereocenters. The van der Waals surface area contributed by atoms with Crippen molar-refractivity contribution in [1.29, 1.82) is 0 Å². The van der Waals surface area contributed by atoms with Gasteiger partial charge in [0.25, 0.3) is 0 Å². The molecule has 0 amide bonds. The van der Waals surface area contributed by atoms with Crippen LogP contribution >= 0.6 is 24.0 Å². The van der Waals surface area contributed by atoms with Gasteiger partial charge in [0, 0.05) is 27.2 Å². The molecule has 0 aliphatic heterocycles. The molecule has 5 aliphatic rings. The number of hydrogen-bond acceptors (Lipinski definition) is 3. The normalized spacial score (nSPS) is 39.0. The van der Waals surface area contributed by atoms with Gasteiger partial charge in [-0.2, -0.15) is 0 Å². The van der Waals surface area contributed by atoms with E-state index in [2.05, 4.69) is 78.6 Å². The van der Waals surface area contributed by atoms with E-state index in [0.717, 1.165) is 11.5 Å². The number of hydrogen-bond donors (Lipinski definition) is 1. The molecular weight excluding hydrogens is 440 g/mol. The molecule has 4 bridgehead atoms. The molecule has 0 radical (unpaired) electrons. The summed E-state index contributed by atoms with van der Waals surface area (Å²) in [5, 5.41) is 0.634. The maximum absolute atomic E-state index is 6.16. The van der Waals surface area contributed by atoms with Gasteiger partial charge in [0.1, 0.15) is 4.99 Å². The van der Waals surface area contributed by atoms with E-state index in [0.29, 0.717) is 28.9 Å². The number of thioether (sulfide) groups is 1. The summed E-state index contributed by atoms with van der Waals surface area (Å²) in [7, 11) is 0. The lowest BCUT2D eigenvalue weighted by atomic mass is 9.74. The number of rotatable bonds is 6. The van der Waals surface area contributed by atoms with Gasteiger partial charge in [-0.25, -0.2) is 0 Å². The third-order valence-corrected chi connectivity index (χ3v) is 11.4. The Morgan fingerprint density at radius 1 is 0.970 bits per heavy atom. The Hall–Kier alpha value is -1.49. The van der Waals surface area contributed by atoms with E-state index in [1.807, 2.05) is 0 Å². The van der Waals surface area contributed by atoms with Crippen molar-refractivity contribution < 1.29 is 0 Å². The molecule has 0 heterocycles. The largest absolute Gasteiger partial charge is 0.330 e. The molecule has 5 saturated carbocycles. The molecule has 5 atom stereocenters. The smallest absolute Gasteiger partial charge is 0.109 e. The summed E-state index contributed by atoms with van der Waals surface area (Å²) in [5.74, 6) is 2.60. The highest BCUT2D eigenvalue weighted by Crippen LogP contribution is 2.78. The van der Waals surface area contributed by atoms with E-state index >= 15 is 0 Å². The highest BCUT2D eigenvalue weighted by molar-refractivity contribution is 8.00. The predicted octanol–water partition coefficient (Wildman–Crippen LogP) is 6.68. The molecule has 5 aliphatic carbocycles. The molecule has 2 nitrogen and oxygen atoms in total. The van der Waals surface area contributed by atoms with Gasteiger partial charge in [-0.05, 0) is 92.9 Å². The maximum Gasteiger partial charge on any atom is 0.109 e. The van der Waals surface area contributed by atoms with Crippen LogP contribution in [0.3, 0.4) is 0 Å². The van der Waals surface area contributed by atoms with Gasteiger partial charge in [0.15, 0.2) is 0 Å². The van der Waals surface area contributed by atoms with E-state index < -0.39 is 0 Å². The van der Waals surface area contributed by atoms with E-state index in [4.69, 9.17) is 22.9 Å². The number of nitrogens with zero attached hydrogens (tertiary/aromatic N) is 1. The summed E-state index contributed by atoms with van der Waals surface area (Å²) in [4.78, 5) is 7.46. The first-order chi connectivity index (χ1) is 16.1. The van der Waals surface area contributed by atoms with Crippen LogP contribution in [-0.2, 0) is 5.41 Å². The third kappa shape index (κ3) is 3.56. The van der Waals surface area contributed by atoms with Crippen LogP contribution in [0.5, 0.6) is 0 Å². The van der Waals surface area contributed by atoms with E-state index in [-0.39, 0.29) is 10.8 Å². The van der Waals surface area contributed by atoms with Gasteiger partial charge in [-0.1, -0.05) is 60.7 Å². The number of nitrogens with two attached hydrogens (primary N) is 1. The van der Waals surface area contributed by atoms with Crippen molar-refractivity contribution in [1.82, 2.24) is 0 Å². The second-order valence-electron chi connectivity index (χ2n) is 11.0. The van der Waals surface area contributed by atoms with Crippen molar-refractivity contribution in [2.45, 2.75) is 60.5 Å². The van der Waals surface area contributed by atoms with Crippen LogP contribution in [0, 0.1) is 29.1 Å². The van der Waals surface area contributed by atoms with Crippen LogP contribution in [0.25, 0.3) is 0 Å². The summed E-state index contributed by atoms with van der Waals surface area (Å²) in [6, 6.07) is 22.3. The standard InChI is InChI=1S/C29H34N2S2/c30-17-20-11-13-21(14-12-20)18-31-27(32)29-16-24-26(33-23-9-5-2-6-10-23)25(29)15-28(24,19-29)22-7-3-1-4-8-22/h1-10,18,20-21,24-26H,11-17,19,30H2/b31-18+. The Labute approximate surface area is 207 Å². The van der Waals surface area contributed by atoms with E-state index in [1.165, 1.54) is 55.4 Å². The zero-order valence-corrected chi connectivity index (χ0v) is 20.9. The summed E-state index contributed by atoms with van der Waals surface area (Å²) >= 11 is 8.26. The number of aliphatic imine (C=N–C) groups is 1. The summed E-state index contributed by atoms with van der Waals surface area (Å²) in [6.07, 6.45) is 10.8. The lowest BCUT2D eigenvalue weighted by Crippen LogP contribution is -2.34. The van der Waals surface area contributed by atoms with E-state index in [9.17, 15) is 0 Å². The Kier molecular flexibility index (Phi) is 5.75. The third-order valence-electron chi connectivity index (χ3n) is 9.43. The first-order valence-electron chi connectivity index (χ1n) is 12.7. The highest BCUT2D eigenvalue weighted by Gasteiger charge is 2.76. The Bertz CT molecular complexity index is 1030. The second kappa shape index (κ2) is 8.62. The average molecular weight is 475 g/mol. The van der Waals surface area contributed by atoms with Crippen molar-refractivity contribution in [3.63, 3.8) is 0 Å². The molecule has 2 N–H and O–H groups in total. The van der Waals surface area contributed by atoms with Crippen molar-refractivity contribution in [2.24, 2.45) is 39.8 Å². The van der Waals surface area contributed by atoms with Crippen molar-refractivity contribution in [3.8, 4) is 0 Å². The SMILES string of the molecule is NCC1CCC(/C=N/C(=S)C23CC4C(Sc5ccccc5)C2CC4(c2ccccc2)C3)CC1. The molecule has 7 rings (SSSR count). The van der Waals surface area contributed by atoms with Crippen LogP contribution in [-0.4, -0.2) is 23.0 Å². The molecule has 5 fully saturated rings. The van der Waals surface area contributed by atoms with Crippen LogP contribution < -0.4 is 5.73 Å². The fraction of sp³-hybridized carbons (Fsp3) is 0.517. The first-order valence-corrected chi connectivity index (χ1v) is 14.0. The molecule has 172 valence electrons. The van der Waals surface area contributed by atoms with Gasteiger partial charge in [0.05, 0.1) is 0 Å². The first kappa shape index (κ1) is 22.0. The lowest BCUT2D eigenvalue weighted by molar-refractivity contribution is 0.331. The summed E-state index contributed by atoms with van der Waals surface area (Å²) < 4.78 is 0. The lowest BCUT2D eigenvalue weighted by Gasteiger charge is -2.34. The Morgan fingerprint density at radius 3 is 2.36 bits per heavy atom. The summed E-state index contributed by atoms with van der Waals surface area (Å²) in [5.41, 5.74) is 7.80. The highest BCUT2D eigenvalue weighted by atomic mass is 32.2. The topological polar surface area (TPSA) is 38.4 Å². The van der Waals surface area contributed by atoms with Gasteiger partial charge >= 0.3 is 0 Å². The van der Waals surface area contributed by atoms with Crippen LogP contribution in [0.1, 0.15) is 50.5 Å². The van der Waals surface area contributed by atoms with Crippen molar-refractivity contribution in [2.75, 3.05) is 6.54 Å². The van der Waals surface area contributed by atoms with Gasteiger partial charge in [-0.15, -0.1) is 11.8 Å². The molecule has 0 saturated heterocycles.